The predicted molar refractivity (Wildman–Crippen MR) is 107 cm³/mol. The van der Waals surface area contributed by atoms with Gasteiger partial charge >= 0.3 is 0 Å². The molecule has 3 heteroatoms. The first-order valence-electron chi connectivity index (χ1n) is 9.86. The monoisotopic (exact) mass is 350 g/mol. The van der Waals surface area contributed by atoms with Gasteiger partial charge < -0.3 is 4.90 Å². The first kappa shape index (κ1) is 18.7. The summed E-state index contributed by atoms with van der Waals surface area (Å²) >= 11 is 0. The second-order valence-corrected chi connectivity index (χ2v) is 7.16. The summed E-state index contributed by atoms with van der Waals surface area (Å²) in [5.74, 6) is 0.296. The Morgan fingerprint density at radius 2 is 1.38 bits per heavy atom. The Kier molecular flexibility index (Phi) is 6.84. The zero-order chi connectivity index (χ0) is 18.2. The van der Waals surface area contributed by atoms with Crippen LogP contribution in [0.4, 0.5) is 0 Å². The second kappa shape index (κ2) is 9.54. The van der Waals surface area contributed by atoms with E-state index < -0.39 is 0 Å². The van der Waals surface area contributed by atoms with Crippen LogP contribution in [0, 0.1) is 0 Å². The lowest BCUT2D eigenvalue weighted by atomic mass is 9.97. The van der Waals surface area contributed by atoms with Crippen molar-refractivity contribution in [2.45, 2.75) is 38.6 Å². The number of carbonyl (C=O) groups excluding carboxylic acids is 1. The van der Waals surface area contributed by atoms with Crippen LogP contribution in [0.3, 0.4) is 0 Å². The number of hydrogen-bond donors (Lipinski definition) is 0. The van der Waals surface area contributed by atoms with Crippen molar-refractivity contribution in [3.63, 3.8) is 0 Å². The van der Waals surface area contributed by atoms with Crippen LogP contribution in [-0.2, 0) is 17.6 Å². The van der Waals surface area contributed by atoms with Crippen molar-refractivity contribution in [2.24, 2.45) is 0 Å². The molecule has 0 unspecified atom stereocenters. The summed E-state index contributed by atoms with van der Waals surface area (Å²) in [5, 5.41) is 0. The fourth-order valence-corrected chi connectivity index (χ4v) is 3.80. The molecule has 0 atom stereocenters. The van der Waals surface area contributed by atoms with Crippen molar-refractivity contribution < 1.29 is 4.79 Å². The molecule has 1 aliphatic heterocycles. The smallest absolute Gasteiger partial charge is 0.237 e. The van der Waals surface area contributed by atoms with Gasteiger partial charge in [0.1, 0.15) is 0 Å². The molecular formula is C23H30N2O. The van der Waals surface area contributed by atoms with E-state index in [0.29, 0.717) is 18.5 Å². The Balaban J connectivity index is 1.65. The average molecular weight is 351 g/mol. The number of likely N-dealkylation sites (N-methyl/N-ethyl adjacent to an activating group) is 1. The van der Waals surface area contributed by atoms with Gasteiger partial charge in [0.2, 0.25) is 5.91 Å². The zero-order valence-electron chi connectivity index (χ0n) is 15.8. The standard InChI is InChI=1S/C23H30N2O/c1-2-24-17-18-25(23(26)19-24)22(15-13-20-9-5-3-6-10-20)16-14-21-11-7-4-8-12-21/h3-12,22H,2,13-19H2,1H3. The molecule has 26 heavy (non-hydrogen) atoms. The summed E-state index contributed by atoms with van der Waals surface area (Å²) in [5.41, 5.74) is 2.72. The summed E-state index contributed by atoms with van der Waals surface area (Å²) in [6.45, 7) is 5.52. The van der Waals surface area contributed by atoms with E-state index in [1.165, 1.54) is 11.1 Å². The third-order valence-corrected chi connectivity index (χ3v) is 5.44. The zero-order valence-corrected chi connectivity index (χ0v) is 15.8. The van der Waals surface area contributed by atoms with Gasteiger partial charge in [0.05, 0.1) is 6.54 Å². The Morgan fingerprint density at radius 3 is 1.85 bits per heavy atom. The quantitative estimate of drug-likeness (QED) is 0.723. The molecule has 2 aromatic carbocycles. The van der Waals surface area contributed by atoms with E-state index in [4.69, 9.17) is 0 Å². The van der Waals surface area contributed by atoms with Gasteiger partial charge in [-0.3, -0.25) is 9.69 Å². The molecule has 3 nitrogen and oxygen atoms in total. The molecule has 1 aliphatic rings. The van der Waals surface area contributed by atoms with E-state index in [0.717, 1.165) is 45.3 Å². The molecule has 2 aromatic rings. The summed E-state index contributed by atoms with van der Waals surface area (Å²) in [7, 11) is 0. The molecule has 1 amide bonds. The lowest BCUT2D eigenvalue weighted by Crippen LogP contribution is -2.54. The molecule has 138 valence electrons. The Hall–Kier alpha value is -2.13. The fourth-order valence-electron chi connectivity index (χ4n) is 3.80. The van der Waals surface area contributed by atoms with Gasteiger partial charge in [-0.05, 0) is 43.4 Å². The molecule has 0 spiro atoms. The summed E-state index contributed by atoms with van der Waals surface area (Å²) in [4.78, 5) is 17.1. The molecule has 0 aromatic heterocycles. The average Bonchev–Trinajstić information content (AvgIpc) is 2.70. The van der Waals surface area contributed by atoms with E-state index in [-0.39, 0.29) is 0 Å². The number of rotatable bonds is 8. The molecule has 0 saturated carbocycles. The molecule has 1 fully saturated rings. The van der Waals surface area contributed by atoms with Crippen LogP contribution in [0.1, 0.15) is 30.9 Å². The number of piperazine rings is 1. The van der Waals surface area contributed by atoms with Crippen molar-refractivity contribution in [3.8, 4) is 0 Å². The van der Waals surface area contributed by atoms with E-state index >= 15 is 0 Å². The Morgan fingerprint density at radius 1 is 0.846 bits per heavy atom. The minimum Gasteiger partial charge on any atom is -0.337 e. The molecule has 3 rings (SSSR count). The molecule has 0 aliphatic carbocycles. The summed E-state index contributed by atoms with van der Waals surface area (Å²) in [6, 6.07) is 21.6. The van der Waals surface area contributed by atoms with Gasteiger partial charge in [-0.2, -0.15) is 0 Å². The van der Waals surface area contributed by atoms with Gasteiger partial charge in [-0.15, -0.1) is 0 Å². The minimum atomic E-state index is 0.296. The van der Waals surface area contributed by atoms with Crippen LogP contribution in [0.25, 0.3) is 0 Å². The highest BCUT2D eigenvalue weighted by Gasteiger charge is 2.28. The van der Waals surface area contributed by atoms with Crippen molar-refractivity contribution in [1.82, 2.24) is 9.80 Å². The van der Waals surface area contributed by atoms with Crippen molar-refractivity contribution in [2.75, 3.05) is 26.2 Å². The molecule has 0 radical (unpaired) electrons. The Labute approximate surface area is 157 Å². The first-order chi connectivity index (χ1) is 12.8. The maximum atomic E-state index is 12.7. The van der Waals surface area contributed by atoms with Gasteiger partial charge in [0.15, 0.2) is 0 Å². The van der Waals surface area contributed by atoms with Gasteiger partial charge in [0, 0.05) is 19.1 Å². The third-order valence-electron chi connectivity index (χ3n) is 5.44. The van der Waals surface area contributed by atoms with Gasteiger partial charge in [0.25, 0.3) is 0 Å². The third kappa shape index (κ3) is 5.18. The first-order valence-corrected chi connectivity index (χ1v) is 9.86. The van der Waals surface area contributed by atoms with E-state index in [1.807, 2.05) is 0 Å². The second-order valence-electron chi connectivity index (χ2n) is 7.16. The molecule has 1 saturated heterocycles. The maximum absolute atomic E-state index is 12.7. The highest BCUT2D eigenvalue weighted by atomic mass is 16.2. The van der Waals surface area contributed by atoms with Gasteiger partial charge in [-0.25, -0.2) is 0 Å². The van der Waals surface area contributed by atoms with Gasteiger partial charge in [-0.1, -0.05) is 67.6 Å². The van der Waals surface area contributed by atoms with Crippen LogP contribution in [-0.4, -0.2) is 47.9 Å². The minimum absolute atomic E-state index is 0.296. The number of amides is 1. The highest BCUT2D eigenvalue weighted by molar-refractivity contribution is 5.79. The maximum Gasteiger partial charge on any atom is 0.237 e. The summed E-state index contributed by atoms with van der Waals surface area (Å²) in [6.07, 6.45) is 4.13. The van der Waals surface area contributed by atoms with Crippen molar-refractivity contribution >= 4 is 5.91 Å². The molecular weight excluding hydrogens is 320 g/mol. The molecule has 0 N–H and O–H groups in total. The van der Waals surface area contributed by atoms with E-state index in [1.54, 1.807) is 0 Å². The normalized spacial score (nSPS) is 15.6. The van der Waals surface area contributed by atoms with Crippen LogP contribution in [0.2, 0.25) is 0 Å². The van der Waals surface area contributed by atoms with Crippen molar-refractivity contribution in [1.29, 1.82) is 0 Å². The predicted octanol–water partition coefficient (Wildman–Crippen LogP) is 3.78. The highest BCUT2D eigenvalue weighted by Crippen LogP contribution is 2.19. The number of nitrogens with zero attached hydrogens (tertiary/aromatic N) is 2. The topological polar surface area (TPSA) is 23.6 Å². The van der Waals surface area contributed by atoms with Crippen LogP contribution >= 0.6 is 0 Å². The van der Waals surface area contributed by atoms with E-state index in [9.17, 15) is 4.79 Å². The fraction of sp³-hybridized carbons (Fsp3) is 0.435. The van der Waals surface area contributed by atoms with Crippen LogP contribution < -0.4 is 0 Å². The Bertz CT molecular complexity index is 628. The van der Waals surface area contributed by atoms with E-state index in [2.05, 4.69) is 77.4 Å². The molecule has 0 bridgehead atoms. The van der Waals surface area contributed by atoms with Crippen LogP contribution in [0.15, 0.2) is 60.7 Å². The number of aryl methyl sites for hydroxylation is 2. The lowest BCUT2D eigenvalue weighted by molar-refractivity contribution is -0.138. The summed E-state index contributed by atoms with van der Waals surface area (Å²) < 4.78 is 0. The lowest BCUT2D eigenvalue weighted by Gasteiger charge is -2.39. The number of carbonyl (C=O) groups is 1. The van der Waals surface area contributed by atoms with Crippen molar-refractivity contribution in [3.05, 3.63) is 71.8 Å². The number of benzene rings is 2. The number of hydrogen-bond acceptors (Lipinski definition) is 2. The SMILES string of the molecule is CCN1CCN(C(CCc2ccccc2)CCc2ccccc2)C(=O)C1. The molecule has 1 heterocycles. The van der Waals surface area contributed by atoms with Crippen LogP contribution in [0.5, 0.6) is 0 Å². The largest absolute Gasteiger partial charge is 0.337 e.